The van der Waals surface area contributed by atoms with Gasteiger partial charge < -0.3 is 10.3 Å². The first kappa shape index (κ1) is 18.0. The van der Waals surface area contributed by atoms with Gasteiger partial charge in [-0.3, -0.25) is 4.79 Å². The average molecular weight is 408 g/mol. The maximum absolute atomic E-state index is 14.1. The van der Waals surface area contributed by atoms with E-state index < -0.39 is 5.82 Å². The molecule has 2 aliphatic heterocycles. The van der Waals surface area contributed by atoms with Crippen molar-refractivity contribution in [2.45, 2.75) is 19.4 Å². The number of amides is 1. The third-order valence-electron chi connectivity index (χ3n) is 4.68. The van der Waals surface area contributed by atoms with Crippen molar-refractivity contribution in [1.29, 1.82) is 0 Å². The SMILES string of the molecule is C[C@H]1CC2=C(CN1C(=O)c1cccc(Cl)c1Cl)NNN2c1ncccc1F. The molecule has 0 saturated heterocycles. The summed E-state index contributed by atoms with van der Waals surface area (Å²) >= 11 is 12.2. The molecule has 1 amide bonds. The van der Waals surface area contributed by atoms with E-state index in [4.69, 9.17) is 23.2 Å². The van der Waals surface area contributed by atoms with Crippen LogP contribution in [0.3, 0.4) is 0 Å². The first-order chi connectivity index (χ1) is 13.0. The average Bonchev–Trinajstić information content (AvgIpc) is 3.05. The number of nitrogens with zero attached hydrogens (tertiary/aromatic N) is 3. The molecule has 0 aliphatic carbocycles. The molecule has 0 unspecified atom stereocenters. The normalized spacial score (nSPS) is 19.2. The standard InChI is InChI=1S/C18H16Cl2FN5O/c1-10-8-15-14(23-24-26(15)17-13(21)6-3-7-22-17)9-25(10)18(27)11-4-2-5-12(19)16(11)20/h2-7,10,23-24H,8-9H2,1H3/t10-/m0/s1. The maximum atomic E-state index is 14.1. The Balaban J connectivity index is 1.62. The third kappa shape index (κ3) is 3.12. The fourth-order valence-corrected chi connectivity index (χ4v) is 3.66. The first-order valence-corrected chi connectivity index (χ1v) is 9.12. The number of hydrogen-bond acceptors (Lipinski definition) is 5. The van der Waals surface area contributed by atoms with E-state index in [9.17, 15) is 9.18 Å². The molecule has 4 rings (SSSR count). The van der Waals surface area contributed by atoms with Gasteiger partial charge in [0, 0.05) is 18.7 Å². The summed E-state index contributed by atoms with van der Waals surface area (Å²) in [6.07, 6.45) is 2.05. The molecule has 0 radical (unpaired) electrons. The second-order valence-electron chi connectivity index (χ2n) is 6.39. The number of hydrazine groups is 2. The molecule has 1 aromatic heterocycles. The predicted octanol–water partition coefficient (Wildman–Crippen LogP) is 3.50. The van der Waals surface area contributed by atoms with Crippen molar-refractivity contribution in [1.82, 2.24) is 20.8 Å². The zero-order chi connectivity index (χ0) is 19.1. The van der Waals surface area contributed by atoms with Gasteiger partial charge in [0.15, 0.2) is 11.6 Å². The number of benzene rings is 1. The number of nitrogens with one attached hydrogen (secondary N) is 2. The molecule has 1 atom stereocenters. The fraction of sp³-hybridized carbons (Fsp3) is 0.222. The van der Waals surface area contributed by atoms with E-state index in [-0.39, 0.29) is 22.8 Å². The highest BCUT2D eigenvalue weighted by Crippen LogP contribution is 2.33. The lowest BCUT2D eigenvalue weighted by Gasteiger charge is -2.35. The molecule has 3 heterocycles. The fourth-order valence-electron chi connectivity index (χ4n) is 3.28. The Labute approximate surface area is 165 Å². The van der Waals surface area contributed by atoms with Crippen LogP contribution in [0.4, 0.5) is 10.2 Å². The second kappa shape index (κ2) is 6.99. The molecule has 6 nitrogen and oxygen atoms in total. The van der Waals surface area contributed by atoms with Gasteiger partial charge in [-0.05, 0) is 31.2 Å². The summed E-state index contributed by atoms with van der Waals surface area (Å²) in [5, 5.41) is 2.16. The van der Waals surface area contributed by atoms with Gasteiger partial charge in [0.25, 0.3) is 5.91 Å². The zero-order valence-electron chi connectivity index (χ0n) is 14.3. The molecule has 9 heteroatoms. The number of pyridine rings is 1. The smallest absolute Gasteiger partial charge is 0.256 e. The summed E-state index contributed by atoms with van der Waals surface area (Å²) in [6, 6.07) is 7.76. The number of carbonyl (C=O) groups excluding carboxylic acids is 1. The number of halogens is 3. The Kier molecular flexibility index (Phi) is 4.67. The van der Waals surface area contributed by atoms with Gasteiger partial charge in [0.05, 0.1) is 33.5 Å². The van der Waals surface area contributed by atoms with E-state index in [1.165, 1.54) is 18.3 Å². The molecular weight excluding hydrogens is 392 g/mol. The van der Waals surface area contributed by atoms with Crippen LogP contribution in [0.15, 0.2) is 47.9 Å². The van der Waals surface area contributed by atoms with E-state index in [0.29, 0.717) is 23.6 Å². The summed E-state index contributed by atoms with van der Waals surface area (Å²) in [7, 11) is 0. The van der Waals surface area contributed by atoms with Gasteiger partial charge in [0.2, 0.25) is 0 Å². The highest BCUT2D eigenvalue weighted by atomic mass is 35.5. The van der Waals surface area contributed by atoms with Crippen LogP contribution in [0.1, 0.15) is 23.7 Å². The van der Waals surface area contributed by atoms with E-state index in [1.54, 1.807) is 28.1 Å². The molecule has 0 bridgehead atoms. The molecular formula is C18H16Cl2FN5O. The maximum Gasteiger partial charge on any atom is 0.256 e. The van der Waals surface area contributed by atoms with Gasteiger partial charge in [-0.25, -0.2) is 14.4 Å². The minimum atomic E-state index is -0.433. The van der Waals surface area contributed by atoms with Crippen LogP contribution in [0.5, 0.6) is 0 Å². The van der Waals surface area contributed by atoms with Gasteiger partial charge in [-0.15, -0.1) is 5.53 Å². The molecule has 2 aliphatic rings. The molecule has 2 aromatic rings. The summed E-state index contributed by atoms with van der Waals surface area (Å²) < 4.78 is 14.1. The van der Waals surface area contributed by atoms with Gasteiger partial charge in [-0.1, -0.05) is 29.3 Å². The largest absolute Gasteiger partial charge is 0.330 e. The minimum absolute atomic E-state index is 0.123. The zero-order valence-corrected chi connectivity index (χ0v) is 15.9. The number of aromatic nitrogens is 1. The van der Waals surface area contributed by atoms with Crippen molar-refractivity contribution >= 4 is 34.9 Å². The Bertz CT molecular complexity index is 951. The van der Waals surface area contributed by atoms with Crippen molar-refractivity contribution in [3.63, 3.8) is 0 Å². The van der Waals surface area contributed by atoms with Crippen molar-refractivity contribution in [3.05, 3.63) is 69.3 Å². The van der Waals surface area contributed by atoms with Crippen LogP contribution in [0.2, 0.25) is 10.0 Å². The van der Waals surface area contributed by atoms with E-state index in [2.05, 4.69) is 15.9 Å². The monoisotopic (exact) mass is 407 g/mol. The lowest BCUT2D eigenvalue weighted by atomic mass is 10.0. The lowest BCUT2D eigenvalue weighted by molar-refractivity contribution is 0.0696. The minimum Gasteiger partial charge on any atom is -0.330 e. The highest BCUT2D eigenvalue weighted by molar-refractivity contribution is 6.43. The lowest BCUT2D eigenvalue weighted by Crippen LogP contribution is -2.44. The molecule has 27 heavy (non-hydrogen) atoms. The number of carbonyl (C=O) groups is 1. The number of anilines is 1. The summed E-state index contributed by atoms with van der Waals surface area (Å²) in [5.74, 6) is -0.455. The highest BCUT2D eigenvalue weighted by Gasteiger charge is 2.36. The van der Waals surface area contributed by atoms with Gasteiger partial charge in [-0.2, -0.15) is 0 Å². The van der Waals surface area contributed by atoms with Gasteiger partial charge in [0.1, 0.15) is 0 Å². The first-order valence-electron chi connectivity index (χ1n) is 8.36. The van der Waals surface area contributed by atoms with Crippen LogP contribution in [0.25, 0.3) is 0 Å². The quantitative estimate of drug-likeness (QED) is 0.797. The Hall–Kier alpha value is -2.35. The second-order valence-corrected chi connectivity index (χ2v) is 7.18. The molecule has 0 fully saturated rings. The summed E-state index contributed by atoms with van der Waals surface area (Å²) in [4.78, 5) is 18.8. The van der Waals surface area contributed by atoms with Crippen LogP contribution in [0, 0.1) is 5.82 Å². The van der Waals surface area contributed by atoms with E-state index in [1.807, 2.05) is 6.92 Å². The van der Waals surface area contributed by atoms with E-state index in [0.717, 1.165) is 11.4 Å². The molecule has 0 spiro atoms. The molecule has 2 N–H and O–H groups in total. The molecule has 140 valence electrons. The Morgan fingerprint density at radius 1 is 1.30 bits per heavy atom. The third-order valence-corrected chi connectivity index (χ3v) is 5.50. The van der Waals surface area contributed by atoms with Crippen molar-refractivity contribution in [2.24, 2.45) is 0 Å². The predicted molar refractivity (Wildman–Crippen MR) is 102 cm³/mol. The summed E-state index contributed by atoms with van der Waals surface area (Å²) in [5.41, 5.74) is 7.92. The Morgan fingerprint density at radius 2 is 2.11 bits per heavy atom. The van der Waals surface area contributed by atoms with Crippen molar-refractivity contribution in [2.75, 3.05) is 11.6 Å². The summed E-state index contributed by atoms with van der Waals surface area (Å²) in [6.45, 7) is 2.27. The Morgan fingerprint density at radius 3 is 2.89 bits per heavy atom. The topological polar surface area (TPSA) is 60.5 Å². The number of hydrogen-bond donors (Lipinski definition) is 2. The number of rotatable bonds is 2. The van der Waals surface area contributed by atoms with Crippen LogP contribution in [-0.4, -0.2) is 28.4 Å². The molecule has 1 aromatic carbocycles. The molecule has 0 saturated carbocycles. The van der Waals surface area contributed by atoms with Crippen LogP contribution in [-0.2, 0) is 0 Å². The van der Waals surface area contributed by atoms with Crippen LogP contribution >= 0.6 is 23.2 Å². The van der Waals surface area contributed by atoms with Crippen molar-refractivity contribution < 1.29 is 9.18 Å². The van der Waals surface area contributed by atoms with Crippen molar-refractivity contribution in [3.8, 4) is 0 Å². The van der Waals surface area contributed by atoms with E-state index >= 15 is 0 Å². The van der Waals surface area contributed by atoms with Gasteiger partial charge >= 0.3 is 0 Å². The van der Waals surface area contributed by atoms with Crippen LogP contribution < -0.4 is 16.0 Å².